The van der Waals surface area contributed by atoms with Gasteiger partial charge in [0.15, 0.2) is 5.11 Å². The number of rotatable bonds is 4. The van der Waals surface area contributed by atoms with Crippen molar-refractivity contribution in [2.24, 2.45) is 0 Å². The normalized spacial score (nSPS) is 21.1. The molecule has 0 radical (unpaired) electrons. The molecule has 1 aromatic heterocycles. The first-order valence-electron chi connectivity index (χ1n) is 11.5. The predicted octanol–water partition coefficient (Wildman–Crippen LogP) is 5.90. The van der Waals surface area contributed by atoms with E-state index in [1.54, 1.807) is 7.11 Å². The van der Waals surface area contributed by atoms with Gasteiger partial charge in [0.2, 0.25) is 0 Å². The predicted molar refractivity (Wildman–Crippen MR) is 144 cm³/mol. The number of ether oxygens (including phenoxy) is 1. The van der Waals surface area contributed by atoms with Crippen LogP contribution < -0.4 is 19.9 Å². The van der Waals surface area contributed by atoms with Gasteiger partial charge in [-0.15, -0.1) is 0 Å². The van der Waals surface area contributed by atoms with Crippen molar-refractivity contribution in [2.45, 2.75) is 38.4 Å². The Labute approximate surface area is 207 Å². The Hall–Kier alpha value is -3.38. The zero-order valence-electron chi connectivity index (χ0n) is 20.2. The summed E-state index contributed by atoms with van der Waals surface area (Å²) in [7, 11) is 3.84. The second-order valence-electron chi connectivity index (χ2n) is 9.51. The van der Waals surface area contributed by atoms with E-state index in [-0.39, 0.29) is 17.6 Å². The van der Waals surface area contributed by atoms with E-state index < -0.39 is 0 Å². The minimum absolute atomic E-state index is 0.0271. The van der Waals surface area contributed by atoms with Gasteiger partial charge in [-0.1, -0.05) is 18.2 Å². The molecule has 6 heteroatoms. The van der Waals surface area contributed by atoms with Crippen LogP contribution in [0.5, 0.6) is 5.75 Å². The number of likely N-dealkylation sites (N-methyl/N-ethyl adjacent to an activating group) is 1. The second-order valence-corrected chi connectivity index (χ2v) is 9.90. The number of methoxy groups -OCH3 is 1. The molecule has 2 aliphatic heterocycles. The Bertz CT molecular complexity index is 1250. The topological polar surface area (TPSA) is 40.6 Å². The summed E-state index contributed by atoms with van der Waals surface area (Å²) >= 11 is 5.87. The molecule has 2 aliphatic rings. The summed E-state index contributed by atoms with van der Waals surface area (Å²) in [5.41, 5.74) is 6.94. The average molecular weight is 471 g/mol. The van der Waals surface area contributed by atoms with Crippen molar-refractivity contribution >= 4 is 34.3 Å². The monoisotopic (exact) mass is 470 g/mol. The number of anilines is 2. The van der Waals surface area contributed by atoms with Crippen LogP contribution in [0.25, 0.3) is 5.57 Å². The summed E-state index contributed by atoms with van der Waals surface area (Å²) in [4.78, 5) is 9.21. The largest absolute Gasteiger partial charge is 0.497 e. The van der Waals surface area contributed by atoms with Crippen LogP contribution in [-0.2, 0) is 0 Å². The number of thiocarbonyl (C=S) groups is 1. The van der Waals surface area contributed by atoms with Crippen LogP contribution in [0.15, 0.2) is 72.9 Å². The summed E-state index contributed by atoms with van der Waals surface area (Å²) in [6, 6.07) is 20.8. The van der Waals surface area contributed by atoms with E-state index in [9.17, 15) is 0 Å². The molecule has 1 saturated heterocycles. The molecule has 0 aliphatic carbocycles. The first-order valence-corrected chi connectivity index (χ1v) is 11.9. The average Bonchev–Trinajstić information content (AvgIpc) is 3.19. The molecule has 5 rings (SSSR count). The molecule has 5 nitrogen and oxygen atoms in total. The number of benzene rings is 2. The van der Waals surface area contributed by atoms with Gasteiger partial charge in [-0.05, 0) is 92.7 Å². The third kappa shape index (κ3) is 3.72. The fraction of sp³-hybridized carbons (Fsp3) is 0.286. The fourth-order valence-electron chi connectivity index (χ4n) is 5.08. The van der Waals surface area contributed by atoms with Crippen LogP contribution in [0, 0.1) is 0 Å². The Morgan fingerprint density at radius 3 is 2.50 bits per heavy atom. The number of pyridine rings is 1. The van der Waals surface area contributed by atoms with E-state index in [0.29, 0.717) is 5.11 Å². The lowest BCUT2D eigenvalue weighted by atomic mass is 9.86. The molecule has 1 N–H and O–H groups in total. The number of fused-ring (bicyclic) bond motifs is 1. The van der Waals surface area contributed by atoms with E-state index in [1.165, 1.54) is 22.4 Å². The molecule has 2 aromatic carbocycles. The Balaban J connectivity index is 1.64. The standard InChI is InChI=1S/C28H30N4OS/c1-18-17-28(2,3)31(4)24-14-9-19(16-22(18)24)26-25(23-8-6-7-15-29-23)30-27(34)32(26)20-10-12-21(33-5)13-11-20/h6-17,25-26H,1-5H3,(H,30,34)/t25-,26+/m0/s1. The summed E-state index contributed by atoms with van der Waals surface area (Å²) in [5.74, 6) is 0.819. The lowest BCUT2D eigenvalue weighted by molar-refractivity contribution is 0.415. The minimum atomic E-state index is -0.0732. The van der Waals surface area contributed by atoms with E-state index in [0.717, 1.165) is 17.1 Å². The SMILES string of the molecule is COc1ccc(N2C(=S)N[C@@H](c3ccccn3)[C@H]2c2ccc3c(c2)C(C)=CC(C)(C)N3C)cc1. The van der Waals surface area contributed by atoms with Crippen LogP contribution in [-0.4, -0.2) is 29.8 Å². The van der Waals surface area contributed by atoms with Gasteiger partial charge in [0.1, 0.15) is 5.75 Å². The van der Waals surface area contributed by atoms with Crippen molar-refractivity contribution < 1.29 is 4.74 Å². The fourth-order valence-corrected chi connectivity index (χ4v) is 5.42. The van der Waals surface area contributed by atoms with Crippen molar-refractivity contribution in [1.82, 2.24) is 10.3 Å². The highest BCUT2D eigenvalue weighted by Crippen LogP contribution is 2.45. The van der Waals surface area contributed by atoms with E-state index >= 15 is 0 Å². The molecule has 0 amide bonds. The highest BCUT2D eigenvalue weighted by molar-refractivity contribution is 7.80. The van der Waals surface area contributed by atoms with Crippen molar-refractivity contribution in [2.75, 3.05) is 24.0 Å². The third-order valence-electron chi connectivity index (χ3n) is 7.03. The first-order chi connectivity index (χ1) is 16.3. The number of nitrogens with zero attached hydrogens (tertiary/aromatic N) is 3. The Morgan fingerprint density at radius 1 is 1.06 bits per heavy atom. The van der Waals surface area contributed by atoms with Crippen molar-refractivity contribution in [1.29, 1.82) is 0 Å². The van der Waals surface area contributed by atoms with E-state index in [1.807, 2.05) is 30.5 Å². The van der Waals surface area contributed by atoms with Gasteiger partial charge in [-0.3, -0.25) is 4.98 Å². The number of aromatic nitrogens is 1. The van der Waals surface area contributed by atoms with Gasteiger partial charge >= 0.3 is 0 Å². The maximum absolute atomic E-state index is 5.87. The Morgan fingerprint density at radius 2 is 1.82 bits per heavy atom. The molecular formula is C28H30N4OS. The van der Waals surface area contributed by atoms with Gasteiger partial charge < -0.3 is 19.9 Å². The van der Waals surface area contributed by atoms with E-state index in [4.69, 9.17) is 17.0 Å². The lowest BCUT2D eigenvalue weighted by Crippen LogP contribution is -2.42. The molecular weight excluding hydrogens is 440 g/mol. The number of hydrogen-bond acceptors (Lipinski definition) is 4. The van der Waals surface area contributed by atoms with Crippen LogP contribution in [0.4, 0.5) is 11.4 Å². The van der Waals surface area contributed by atoms with Crippen molar-refractivity contribution in [3.63, 3.8) is 0 Å². The zero-order valence-corrected chi connectivity index (χ0v) is 21.1. The number of allylic oxidation sites excluding steroid dienone is 1. The smallest absolute Gasteiger partial charge is 0.174 e. The molecule has 3 aromatic rings. The summed E-state index contributed by atoms with van der Waals surface area (Å²) < 4.78 is 5.37. The molecule has 2 atom stereocenters. The second kappa shape index (κ2) is 8.44. The van der Waals surface area contributed by atoms with Gasteiger partial charge in [-0.25, -0.2) is 0 Å². The summed E-state index contributed by atoms with van der Waals surface area (Å²) in [6.07, 6.45) is 4.18. The molecule has 0 saturated carbocycles. The maximum Gasteiger partial charge on any atom is 0.174 e. The van der Waals surface area contributed by atoms with Crippen LogP contribution >= 0.6 is 12.2 Å². The quantitative estimate of drug-likeness (QED) is 0.479. The van der Waals surface area contributed by atoms with Gasteiger partial charge in [-0.2, -0.15) is 0 Å². The van der Waals surface area contributed by atoms with Crippen LogP contribution in [0.2, 0.25) is 0 Å². The molecule has 34 heavy (non-hydrogen) atoms. The van der Waals surface area contributed by atoms with Gasteiger partial charge in [0.05, 0.1) is 30.4 Å². The molecule has 3 heterocycles. The van der Waals surface area contributed by atoms with Gasteiger partial charge in [0.25, 0.3) is 0 Å². The number of hydrogen-bond donors (Lipinski definition) is 1. The lowest BCUT2D eigenvalue weighted by Gasteiger charge is -2.41. The molecule has 0 unspecified atom stereocenters. The van der Waals surface area contributed by atoms with Crippen LogP contribution in [0.1, 0.15) is 49.7 Å². The van der Waals surface area contributed by atoms with E-state index in [2.05, 4.69) is 90.4 Å². The molecule has 0 bridgehead atoms. The number of nitrogens with one attached hydrogen (secondary N) is 1. The zero-order chi connectivity index (χ0) is 24.0. The summed E-state index contributed by atoms with van der Waals surface area (Å²) in [6.45, 7) is 6.69. The molecule has 0 spiro atoms. The highest BCUT2D eigenvalue weighted by Gasteiger charge is 2.41. The summed E-state index contributed by atoms with van der Waals surface area (Å²) in [5, 5.41) is 4.24. The maximum atomic E-state index is 5.87. The highest BCUT2D eigenvalue weighted by atomic mass is 32.1. The first kappa shape index (κ1) is 22.4. The van der Waals surface area contributed by atoms with Crippen molar-refractivity contribution in [3.05, 3.63) is 89.8 Å². The van der Waals surface area contributed by atoms with Crippen LogP contribution in [0.3, 0.4) is 0 Å². The third-order valence-corrected chi connectivity index (χ3v) is 7.35. The minimum Gasteiger partial charge on any atom is -0.497 e. The Kier molecular flexibility index (Phi) is 5.56. The molecule has 174 valence electrons. The van der Waals surface area contributed by atoms with Gasteiger partial charge in [0, 0.05) is 30.2 Å². The van der Waals surface area contributed by atoms with Crippen molar-refractivity contribution in [3.8, 4) is 5.75 Å². The molecule has 1 fully saturated rings.